The second-order valence-corrected chi connectivity index (χ2v) is 7.06. The highest BCUT2D eigenvalue weighted by molar-refractivity contribution is 9.10. The number of aromatic nitrogens is 3. The van der Waals surface area contributed by atoms with Gasteiger partial charge in [0.25, 0.3) is 11.8 Å². The topological polar surface area (TPSA) is 83.3 Å². The lowest BCUT2D eigenvalue weighted by Gasteiger charge is -2.09. The fraction of sp³-hybridized carbons (Fsp3) is 0.150. The van der Waals surface area contributed by atoms with Gasteiger partial charge in [-0.15, -0.1) is 10.2 Å². The second-order valence-electron chi connectivity index (χ2n) is 6.28. The number of nitrogens with zero attached hydrogens (tertiary/aromatic N) is 3. The van der Waals surface area contributed by atoms with Crippen LogP contribution >= 0.6 is 15.9 Å². The van der Waals surface area contributed by atoms with Gasteiger partial charge in [0, 0.05) is 17.1 Å². The maximum atomic E-state index is 13.2. The van der Waals surface area contributed by atoms with E-state index in [9.17, 15) is 9.18 Å². The number of furan rings is 1. The summed E-state index contributed by atoms with van der Waals surface area (Å²) >= 11 is 3.20. The Morgan fingerprint density at radius 3 is 2.59 bits per heavy atom. The Balaban J connectivity index is 1.49. The van der Waals surface area contributed by atoms with Gasteiger partial charge in [0.15, 0.2) is 17.0 Å². The molecule has 4 rings (SSSR count). The molecule has 0 fully saturated rings. The molecule has 0 N–H and O–H groups in total. The molecule has 0 aliphatic heterocycles. The van der Waals surface area contributed by atoms with Gasteiger partial charge in [0.05, 0.1) is 5.56 Å². The number of ether oxygens (including phenoxy) is 1. The van der Waals surface area contributed by atoms with Crippen molar-refractivity contribution < 1.29 is 22.8 Å². The van der Waals surface area contributed by atoms with Crippen LogP contribution in [0, 0.1) is 19.7 Å². The van der Waals surface area contributed by atoms with E-state index in [0.717, 1.165) is 11.4 Å². The quantitative estimate of drug-likeness (QED) is 0.390. The molecule has 148 valence electrons. The molecular formula is C20H15BrFN3O4. The van der Waals surface area contributed by atoms with Gasteiger partial charge in [-0.1, -0.05) is 0 Å². The molecule has 3 heterocycles. The molecule has 29 heavy (non-hydrogen) atoms. The van der Waals surface area contributed by atoms with Crippen molar-refractivity contribution in [2.24, 2.45) is 0 Å². The molecule has 0 saturated heterocycles. The first-order valence-corrected chi connectivity index (χ1v) is 9.42. The van der Waals surface area contributed by atoms with Crippen LogP contribution in [0.2, 0.25) is 0 Å². The van der Waals surface area contributed by atoms with Crippen LogP contribution < -0.4 is 0 Å². The number of aryl methyl sites for hydroxylation is 1. The van der Waals surface area contributed by atoms with Crippen molar-refractivity contribution in [3.63, 3.8) is 0 Å². The Kier molecular flexibility index (Phi) is 5.06. The molecule has 0 spiro atoms. The summed E-state index contributed by atoms with van der Waals surface area (Å²) in [4.78, 5) is 12.6. The number of hydrogen-bond acceptors (Lipinski definition) is 6. The summed E-state index contributed by atoms with van der Waals surface area (Å²) in [5.41, 5.74) is 2.67. The standard InChI is InChI=1S/C20H15BrFN3O4/c1-11-9-15(12(2)25(11)14-5-3-13(22)4-6-14)20(26)27-10-18-23-24-19(29-18)16-7-8-17(21)28-16/h3-9H,10H2,1-2H3. The lowest BCUT2D eigenvalue weighted by atomic mass is 10.2. The van der Waals surface area contributed by atoms with E-state index in [4.69, 9.17) is 13.6 Å². The Labute approximate surface area is 173 Å². The molecule has 3 aromatic heterocycles. The summed E-state index contributed by atoms with van der Waals surface area (Å²) in [7, 11) is 0. The van der Waals surface area contributed by atoms with Gasteiger partial charge in [-0.25, -0.2) is 9.18 Å². The van der Waals surface area contributed by atoms with E-state index in [1.165, 1.54) is 12.1 Å². The van der Waals surface area contributed by atoms with Crippen molar-refractivity contribution in [2.75, 3.05) is 0 Å². The summed E-state index contributed by atoms with van der Waals surface area (Å²) in [5.74, 6) is -0.0992. The van der Waals surface area contributed by atoms with Crippen LogP contribution in [0.3, 0.4) is 0 Å². The summed E-state index contributed by atoms with van der Waals surface area (Å²) in [5, 5.41) is 7.73. The van der Waals surface area contributed by atoms with E-state index >= 15 is 0 Å². The van der Waals surface area contributed by atoms with Crippen molar-refractivity contribution in [3.05, 3.63) is 75.8 Å². The first-order valence-electron chi connectivity index (χ1n) is 8.62. The average molecular weight is 460 g/mol. The van der Waals surface area contributed by atoms with Crippen LogP contribution in [0.5, 0.6) is 0 Å². The molecule has 0 aliphatic rings. The fourth-order valence-electron chi connectivity index (χ4n) is 3.00. The van der Waals surface area contributed by atoms with E-state index in [2.05, 4.69) is 26.1 Å². The summed E-state index contributed by atoms with van der Waals surface area (Å²) in [6.07, 6.45) is 0. The van der Waals surface area contributed by atoms with E-state index in [0.29, 0.717) is 21.7 Å². The Bertz CT molecular complexity index is 1180. The first-order chi connectivity index (χ1) is 13.9. The molecule has 0 bridgehead atoms. The normalized spacial score (nSPS) is 11.0. The van der Waals surface area contributed by atoms with Crippen molar-refractivity contribution in [2.45, 2.75) is 20.5 Å². The lowest BCUT2D eigenvalue weighted by molar-refractivity contribution is 0.0437. The first kappa shape index (κ1) is 19.1. The van der Waals surface area contributed by atoms with Gasteiger partial charge in [-0.05, 0) is 72.2 Å². The summed E-state index contributed by atoms with van der Waals surface area (Å²) < 4.78 is 31.7. The number of carbonyl (C=O) groups is 1. The number of benzene rings is 1. The summed E-state index contributed by atoms with van der Waals surface area (Å²) in [6, 6.07) is 11.1. The second kappa shape index (κ2) is 7.67. The van der Waals surface area contributed by atoms with E-state index in [-0.39, 0.29) is 24.2 Å². The maximum absolute atomic E-state index is 13.2. The Hall–Kier alpha value is -3.20. The molecular weight excluding hydrogens is 445 g/mol. The predicted molar refractivity (Wildman–Crippen MR) is 104 cm³/mol. The molecule has 4 aromatic rings. The zero-order valence-electron chi connectivity index (χ0n) is 15.5. The van der Waals surface area contributed by atoms with Gasteiger partial charge in [-0.2, -0.15) is 0 Å². The molecule has 0 atom stereocenters. The minimum absolute atomic E-state index is 0.146. The lowest BCUT2D eigenvalue weighted by Crippen LogP contribution is -2.07. The molecule has 0 unspecified atom stereocenters. The van der Waals surface area contributed by atoms with Crippen LogP contribution in [-0.4, -0.2) is 20.7 Å². The highest BCUT2D eigenvalue weighted by atomic mass is 79.9. The van der Waals surface area contributed by atoms with Crippen LogP contribution in [0.1, 0.15) is 27.6 Å². The highest BCUT2D eigenvalue weighted by Crippen LogP contribution is 2.25. The van der Waals surface area contributed by atoms with E-state index in [1.807, 2.05) is 11.5 Å². The minimum atomic E-state index is -0.521. The third-order valence-corrected chi connectivity index (χ3v) is 4.74. The van der Waals surface area contributed by atoms with Crippen LogP contribution in [0.25, 0.3) is 17.3 Å². The number of esters is 1. The van der Waals surface area contributed by atoms with Gasteiger partial charge < -0.3 is 18.1 Å². The SMILES string of the molecule is Cc1cc(C(=O)OCc2nnc(-c3ccc(Br)o3)o2)c(C)n1-c1ccc(F)cc1. The number of rotatable bonds is 5. The van der Waals surface area contributed by atoms with Crippen molar-refractivity contribution in [1.29, 1.82) is 0 Å². The minimum Gasteiger partial charge on any atom is -0.452 e. The largest absolute Gasteiger partial charge is 0.452 e. The number of halogens is 2. The molecule has 0 saturated carbocycles. The summed E-state index contributed by atoms with van der Waals surface area (Å²) in [6.45, 7) is 3.49. The zero-order valence-corrected chi connectivity index (χ0v) is 17.1. The van der Waals surface area contributed by atoms with Gasteiger partial charge in [-0.3, -0.25) is 0 Å². The van der Waals surface area contributed by atoms with Crippen molar-refractivity contribution in [3.8, 4) is 17.3 Å². The van der Waals surface area contributed by atoms with Gasteiger partial charge in [0.1, 0.15) is 5.82 Å². The van der Waals surface area contributed by atoms with Crippen molar-refractivity contribution >= 4 is 21.9 Å². The average Bonchev–Trinajstić information content (AvgIpc) is 3.40. The monoisotopic (exact) mass is 459 g/mol. The predicted octanol–water partition coefficient (Wildman–Crippen LogP) is 5.00. The van der Waals surface area contributed by atoms with Crippen LogP contribution in [0.15, 0.2) is 56.0 Å². The molecule has 0 amide bonds. The molecule has 1 aromatic carbocycles. The van der Waals surface area contributed by atoms with Gasteiger partial charge in [0.2, 0.25) is 0 Å². The van der Waals surface area contributed by atoms with E-state index < -0.39 is 5.97 Å². The molecule has 9 heteroatoms. The maximum Gasteiger partial charge on any atom is 0.340 e. The number of carbonyl (C=O) groups excluding carboxylic acids is 1. The van der Waals surface area contributed by atoms with Crippen LogP contribution in [-0.2, 0) is 11.3 Å². The zero-order chi connectivity index (χ0) is 20.5. The molecule has 0 aliphatic carbocycles. The van der Waals surface area contributed by atoms with E-state index in [1.54, 1.807) is 37.3 Å². The van der Waals surface area contributed by atoms with Crippen LogP contribution in [0.4, 0.5) is 4.39 Å². The van der Waals surface area contributed by atoms with Gasteiger partial charge >= 0.3 is 5.97 Å². The third kappa shape index (κ3) is 3.86. The fourth-order valence-corrected chi connectivity index (χ4v) is 3.31. The third-order valence-electron chi connectivity index (χ3n) is 4.31. The molecule has 7 nitrogen and oxygen atoms in total. The Morgan fingerprint density at radius 1 is 1.14 bits per heavy atom. The Morgan fingerprint density at radius 2 is 1.90 bits per heavy atom. The smallest absolute Gasteiger partial charge is 0.340 e. The van der Waals surface area contributed by atoms with Crippen molar-refractivity contribution in [1.82, 2.24) is 14.8 Å². The molecule has 0 radical (unpaired) electrons. The number of hydrogen-bond donors (Lipinski definition) is 0. The highest BCUT2D eigenvalue weighted by Gasteiger charge is 2.19.